The molecule has 0 aliphatic carbocycles. The molecule has 0 aliphatic heterocycles. The maximum absolute atomic E-state index is 6.09. The van der Waals surface area contributed by atoms with Gasteiger partial charge in [-0.3, -0.25) is 0 Å². The molecular weight excluding hydrogens is 250 g/mol. The second kappa shape index (κ2) is 5.94. The van der Waals surface area contributed by atoms with Crippen LogP contribution in [0.5, 0.6) is 5.75 Å². The fourth-order valence-corrected chi connectivity index (χ4v) is 1.95. The first kappa shape index (κ1) is 13.0. The highest BCUT2D eigenvalue weighted by molar-refractivity contribution is 6.32. The molecule has 96 valence electrons. The summed E-state index contributed by atoms with van der Waals surface area (Å²) in [5.74, 6) is 2.39. The lowest BCUT2D eigenvalue weighted by atomic mass is 10.2. The van der Waals surface area contributed by atoms with Crippen LogP contribution in [0.25, 0.3) is 11.3 Å². The Balaban J connectivity index is 2.20. The van der Waals surface area contributed by atoms with Crippen LogP contribution in [0.2, 0.25) is 5.02 Å². The largest absolute Gasteiger partial charge is 0.495 e. The van der Waals surface area contributed by atoms with Crippen molar-refractivity contribution in [1.29, 1.82) is 0 Å². The molecule has 18 heavy (non-hydrogen) atoms. The van der Waals surface area contributed by atoms with Gasteiger partial charge in [0.25, 0.3) is 0 Å². The molecule has 1 aromatic carbocycles. The number of furan rings is 1. The van der Waals surface area contributed by atoms with Crippen molar-refractivity contribution in [1.82, 2.24) is 5.32 Å². The molecule has 0 atom stereocenters. The molecule has 1 heterocycles. The first-order valence-electron chi connectivity index (χ1n) is 5.88. The zero-order valence-electron chi connectivity index (χ0n) is 10.5. The minimum Gasteiger partial charge on any atom is -0.495 e. The maximum Gasteiger partial charge on any atom is 0.137 e. The first-order valence-corrected chi connectivity index (χ1v) is 6.25. The summed E-state index contributed by atoms with van der Waals surface area (Å²) in [4.78, 5) is 0. The molecule has 0 spiro atoms. The van der Waals surface area contributed by atoms with Crippen LogP contribution in [0, 0.1) is 0 Å². The highest BCUT2D eigenvalue weighted by Gasteiger charge is 2.07. The minimum atomic E-state index is 0.583. The summed E-state index contributed by atoms with van der Waals surface area (Å²) in [7, 11) is 1.60. The van der Waals surface area contributed by atoms with E-state index in [2.05, 4.69) is 12.2 Å². The quantitative estimate of drug-likeness (QED) is 0.895. The van der Waals surface area contributed by atoms with E-state index in [0.29, 0.717) is 10.8 Å². The van der Waals surface area contributed by atoms with Crippen LogP contribution in [0.1, 0.15) is 12.7 Å². The van der Waals surface area contributed by atoms with E-state index in [4.69, 9.17) is 20.8 Å². The summed E-state index contributed by atoms with van der Waals surface area (Å²) in [6, 6.07) is 9.53. The number of hydrogen-bond donors (Lipinski definition) is 1. The second-order valence-corrected chi connectivity index (χ2v) is 4.30. The molecule has 0 aliphatic rings. The lowest BCUT2D eigenvalue weighted by Gasteiger charge is -2.04. The van der Waals surface area contributed by atoms with Crippen LogP contribution in [0.15, 0.2) is 34.7 Å². The SMILES string of the molecule is CCNCc1ccc(-c2ccc(OC)c(Cl)c2)o1. The van der Waals surface area contributed by atoms with E-state index in [1.54, 1.807) is 7.11 Å². The van der Waals surface area contributed by atoms with Gasteiger partial charge < -0.3 is 14.5 Å². The average Bonchev–Trinajstić information content (AvgIpc) is 2.85. The summed E-state index contributed by atoms with van der Waals surface area (Å²) in [6.07, 6.45) is 0. The number of nitrogens with one attached hydrogen (secondary N) is 1. The van der Waals surface area contributed by atoms with E-state index >= 15 is 0 Å². The molecule has 0 radical (unpaired) electrons. The summed E-state index contributed by atoms with van der Waals surface area (Å²) >= 11 is 6.09. The molecule has 0 saturated carbocycles. The number of halogens is 1. The van der Waals surface area contributed by atoms with Crippen LogP contribution in [0.4, 0.5) is 0 Å². The van der Waals surface area contributed by atoms with E-state index in [1.165, 1.54) is 0 Å². The molecule has 0 unspecified atom stereocenters. The predicted octanol–water partition coefficient (Wildman–Crippen LogP) is 3.72. The molecular formula is C14H16ClNO2. The van der Waals surface area contributed by atoms with Gasteiger partial charge in [-0.2, -0.15) is 0 Å². The molecule has 4 heteroatoms. The Morgan fingerprint density at radius 2 is 2.11 bits per heavy atom. The molecule has 3 nitrogen and oxygen atoms in total. The number of benzene rings is 1. The monoisotopic (exact) mass is 265 g/mol. The number of rotatable bonds is 5. The van der Waals surface area contributed by atoms with Gasteiger partial charge >= 0.3 is 0 Å². The van der Waals surface area contributed by atoms with Gasteiger partial charge in [-0.15, -0.1) is 0 Å². The Kier molecular flexibility index (Phi) is 4.28. The molecule has 2 aromatic rings. The Morgan fingerprint density at radius 3 is 2.78 bits per heavy atom. The van der Waals surface area contributed by atoms with Crippen molar-refractivity contribution in [2.24, 2.45) is 0 Å². The molecule has 0 amide bonds. The van der Waals surface area contributed by atoms with Crippen molar-refractivity contribution < 1.29 is 9.15 Å². The third kappa shape index (κ3) is 2.86. The number of ether oxygens (including phenoxy) is 1. The molecule has 1 N–H and O–H groups in total. The van der Waals surface area contributed by atoms with Gasteiger partial charge in [0.15, 0.2) is 0 Å². The van der Waals surface area contributed by atoms with Gasteiger partial charge in [0, 0.05) is 5.56 Å². The Labute approximate surface area is 112 Å². The molecule has 2 rings (SSSR count). The van der Waals surface area contributed by atoms with Gasteiger partial charge in [-0.1, -0.05) is 18.5 Å². The zero-order chi connectivity index (χ0) is 13.0. The van der Waals surface area contributed by atoms with E-state index in [-0.39, 0.29) is 0 Å². The molecule has 0 fully saturated rings. The third-order valence-electron chi connectivity index (χ3n) is 2.65. The van der Waals surface area contributed by atoms with Gasteiger partial charge in [-0.05, 0) is 36.9 Å². The standard InChI is InChI=1S/C14H16ClNO2/c1-3-16-9-11-5-7-13(18-11)10-4-6-14(17-2)12(15)8-10/h4-8,16H,3,9H2,1-2H3. The molecule has 0 saturated heterocycles. The minimum absolute atomic E-state index is 0.583. The van der Waals surface area contributed by atoms with E-state index in [9.17, 15) is 0 Å². The van der Waals surface area contributed by atoms with E-state index < -0.39 is 0 Å². The fourth-order valence-electron chi connectivity index (χ4n) is 1.70. The summed E-state index contributed by atoms with van der Waals surface area (Å²) in [5.41, 5.74) is 0.948. The van der Waals surface area contributed by atoms with Gasteiger partial charge in [0.2, 0.25) is 0 Å². The summed E-state index contributed by atoms with van der Waals surface area (Å²) in [5, 5.41) is 3.80. The number of methoxy groups -OCH3 is 1. The highest BCUT2D eigenvalue weighted by Crippen LogP contribution is 2.30. The summed E-state index contributed by atoms with van der Waals surface area (Å²) in [6.45, 7) is 3.72. The van der Waals surface area contributed by atoms with Crippen molar-refractivity contribution in [2.45, 2.75) is 13.5 Å². The Bertz CT molecular complexity index is 522. The van der Waals surface area contributed by atoms with Crippen LogP contribution in [-0.2, 0) is 6.54 Å². The van der Waals surface area contributed by atoms with Crippen molar-refractivity contribution in [2.75, 3.05) is 13.7 Å². The van der Waals surface area contributed by atoms with Gasteiger partial charge in [0.05, 0.1) is 18.7 Å². The van der Waals surface area contributed by atoms with Crippen molar-refractivity contribution in [3.05, 3.63) is 41.1 Å². The predicted molar refractivity (Wildman–Crippen MR) is 73.1 cm³/mol. The van der Waals surface area contributed by atoms with Gasteiger partial charge in [-0.25, -0.2) is 0 Å². The second-order valence-electron chi connectivity index (χ2n) is 3.90. The highest BCUT2D eigenvalue weighted by atomic mass is 35.5. The van der Waals surface area contributed by atoms with Crippen molar-refractivity contribution in [3.63, 3.8) is 0 Å². The maximum atomic E-state index is 6.09. The Hall–Kier alpha value is -1.45. The van der Waals surface area contributed by atoms with Gasteiger partial charge in [0.1, 0.15) is 17.3 Å². The zero-order valence-corrected chi connectivity index (χ0v) is 11.3. The average molecular weight is 266 g/mol. The summed E-state index contributed by atoms with van der Waals surface area (Å²) < 4.78 is 10.9. The first-order chi connectivity index (χ1) is 8.74. The van der Waals surface area contributed by atoms with Crippen LogP contribution >= 0.6 is 11.6 Å². The van der Waals surface area contributed by atoms with Crippen LogP contribution in [0.3, 0.4) is 0 Å². The topological polar surface area (TPSA) is 34.4 Å². The normalized spacial score (nSPS) is 10.6. The molecule has 1 aromatic heterocycles. The number of hydrogen-bond acceptors (Lipinski definition) is 3. The van der Waals surface area contributed by atoms with Crippen LogP contribution < -0.4 is 10.1 Å². The van der Waals surface area contributed by atoms with E-state index in [0.717, 1.165) is 30.2 Å². The Morgan fingerprint density at radius 1 is 1.28 bits per heavy atom. The third-order valence-corrected chi connectivity index (χ3v) is 2.94. The fraction of sp³-hybridized carbons (Fsp3) is 0.286. The lowest BCUT2D eigenvalue weighted by Crippen LogP contribution is -2.10. The molecule has 0 bridgehead atoms. The van der Waals surface area contributed by atoms with Crippen LogP contribution in [-0.4, -0.2) is 13.7 Å². The van der Waals surface area contributed by atoms with Crippen molar-refractivity contribution in [3.8, 4) is 17.1 Å². The smallest absolute Gasteiger partial charge is 0.137 e. The lowest BCUT2D eigenvalue weighted by molar-refractivity contribution is 0.415. The van der Waals surface area contributed by atoms with E-state index in [1.807, 2.05) is 30.3 Å². The van der Waals surface area contributed by atoms with Crippen molar-refractivity contribution >= 4 is 11.6 Å².